The molecule has 0 bridgehead atoms. The molecule has 0 aliphatic carbocycles. The van der Waals surface area contributed by atoms with Gasteiger partial charge in [-0.25, -0.2) is 4.98 Å². The number of rotatable bonds is 10. The minimum atomic E-state index is -0.304. The molecule has 2 saturated heterocycles. The Labute approximate surface area is 166 Å². The number of hydrogen-bond acceptors (Lipinski definition) is 7. The molecule has 1 atom stereocenters. The van der Waals surface area contributed by atoms with Gasteiger partial charge in [-0.15, -0.1) is 0 Å². The Bertz CT molecular complexity index is 659. The normalized spacial score (nSPS) is 18.5. The highest BCUT2D eigenvalue weighted by Crippen LogP contribution is 2.31. The van der Waals surface area contributed by atoms with Crippen LogP contribution >= 0.6 is 0 Å². The SMILES string of the molecule is COC1CN(c2ccc(C(=O)N[C@H](CO)CC(C)C)nc2OCC2COC2)C1. The van der Waals surface area contributed by atoms with Crippen LogP contribution in [0.5, 0.6) is 5.88 Å². The van der Waals surface area contributed by atoms with Gasteiger partial charge in [0.1, 0.15) is 11.4 Å². The van der Waals surface area contributed by atoms with E-state index in [0.29, 0.717) is 44.0 Å². The summed E-state index contributed by atoms with van der Waals surface area (Å²) in [6.45, 7) is 7.45. The number of carbonyl (C=O) groups is 1. The third-order valence-electron chi connectivity index (χ3n) is 5.07. The Morgan fingerprint density at radius 2 is 2.14 bits per heavy atom. The van der Waals surface area contributed by atoms with Crippen LogP contribution in [0.25, 0.3) is 0 Å². The Morgan fingerprint density at radius 3 is 2.71 bits per heavy atom. The third-order valence-corrected chi connectivity index (χ3v) is 5.07. The van der Waals surface area contributed by atoms with Gasteiger partial charge in [0.2, 0.25) is 5.88 Å². The van der Waals surface area contributed by atoms with Gasteiger partial charge in [-0.2, -0.15) is 0 Å². The van der Waals surface area contributed by atoms with Crippen molar-refractivity contribution in [3.8, 4) is 5.88 Å². The molecule has 3 rings (SSSR count). The first-order valence-electron chi connectivity index (χ1n) is 9.91. The monoisotopic (exact) mass is 393 g/mol. The smallest absolute Gasteiger partial charge is 0.270 e. The standard InChI is InChI=1S/C20H31N3O5/c1-13(2)6-15(9-24)21-19(25)17-4-5-18(23-7-16(8-23)26-3)20(22-17)28-12-14-10-27-11-14/h4-5,13-16,24H,6-12H2,1-3H3,(H,21,25)/t15-/m0/s1. The summed E-state index contributed by atoms with van der Waals surface area (Å²) in [5.74, 6) is 0.886. The summed E-state index contributed by atoms with van der Waals surface area (Å²) in [7, 11) is 1.70. The lowest BCUT2D eigenvalue weighted by Gasteiger charge is -2.40. The van der Waals surface area contributed by atoms with Gasteiger partial charge in [-0.3, -0.25) is 4.79 Å². The Kier molecular flexibility index (Phi) is 7.09. The highest BCUT2D eigenvalue weighted by atomic mass is 16.5. The van der Waals surface area contributed by atoms with Crippen LogP contribution < -0.4 is 15.0 Å². The number of methoxy groups -OCH3 is 1. The van der Waals surface area contributed by atoms with Crippen molar-refractivity contribution >= 4 is 11.6 Å². The average molecular weight is 393 g/mol. The maximum absolute atomic E-state index is 12.6. The van der Waals surface area contributed by atoms with Crippen LogP contribution in [0.2, 0.25) is 0 Å². The molecule has 1 aromatic rings. The fraction of sp³-hybridized carbons (Fsp3) is 0.700. The van der Waals surface area contributed by atoms with E-state index in [9.17, 15) is 9.90 Å². The molecule has 1 aromatic heterocycles. The van der Waals surface area contributed by atoms with E-state index in [2.05, 4.69) is 29.0 Å². The highest BCUT2D eigenvalue weighted by Gasteiger charge is 2.30. The van der Waals surface area contributed by atoms with Crippen molar-refractivity contribution in [2.24, 2.45) is 11.8 Å². The van der Waals surface area contributed by atoms with Gasteiger partial charge in [0.05, 0.1) is 38.6 Å². The van der Waals surface area contributed by atoms with E-state index in [-0.39, 0.29) is 30.4 Å². The number of aromatic nitrogens is 1. The van der Waals surface area contributed by atoms with Crippen LogP contribution in [0, 0.1) is 11.8 Å². The lowest BCUT2D eigenvalue weighted by Crippen LogP contribution is -2.52. The lowest BCUT2D eigenvalue weighted by atomic mass is 10.0. The number of carbonyl (C=O) groups excluding carboxylic acids is 1. The summed E-state index contributed by atoms with van der Waals surface area (Å²) < 4.78 is 16.5. The van der Waals surface area contributed by atoms with Gasteiger partial charge in [0.15, 0.2) is 0 Å². The maximum atomic E-state index is 12.6. The largest absolute Gasteiger partial charge is 0.476 e. The van der Waals surface area contributed by atoms with E-state index < -0.39 is 0 Å². The molecular formula is C20H31N3O5. The van der Waals surface area contributed by atoms with Gasteiger partial charge in [0, 0.05) is 26.1 Å². The fourth-order valence-electron chi connectivity index (χ4n) is 3.28. The minimum Gasteiger partial charge on any atom is -0.476 e. The van der Waals surface area contributed by atoms with E-state index in [1.807, 2.05) is 6.07 Å². The van der Waals surface area contributed by atoms with E-state index >= 15 is 0 Å². The average Bonchev–Trinajstić information content (AvgIpc) is 2.59. The van der Waals surface area contributed by atoms with Crippen LogP contribution in [-0.4, -0.2) is 74.8 Å². The molecule has 8 heteroatoms. The molecule has 0 radical (unpaired) electrons. The molecule has 2 N–H and O–H groups in total. The quantitative estimate of drug-likeness (QED) is 0.614. The molecule has 28 heavy (non-hydrogen) atoms. The maximum Gasteiger partial charge on any atom is 0.270 e. The lowest BCUT2D eigenvalue weighted by molar-refractivity contribution is -0.0514. The molecule has 1 amide bonds. The summed E-state index contributed by atoms with van der Waals surface area (Å²) in [6, 6.07) is 3.29. The summed E-state index contributed by atoms with van der Waals surface area (Å²) >= 11 is 0. The number of amides is 1. The first-order valence-corrected chi connectivity index (χ1v) is 9.91. The first kappa shape index (κ1) is 20.8. The van der Waals surface area contributed by atoms with Crippen molar-refractivity contribution in [3.63, 3.8) is 0 Å². The van der Waals surface area contributed by atoms with E-state index in [0.717, 1.165) is 18.8 Å². The highest BCUT2D eigenvalue weighted by molar-refractivity contribution is 5.93. The second kappa shape index (κ2) is 9.54. The Hall–Kier alpha value is -1.90. The number of aliphatic hydroxyl groups is 1. The van der Waals surface area contributed by atoms with Crippen LogP contribution in [0.1, 0.15) is 30.8 Å². The summed E-state index contributed by atoms with van der Waals surface area (Å²) in [5, 5.41) is 12.4. The number of anilines is 1. The zero-order valence-corrected chi connectivity index (χ0v) is 16.9. The second-order valence-electron chi connectivity index (χ2n) is 7.98. The Morgan fingerprint density at radius 1 is 1.39 bits per heavy atom. The van der Waals surface area contributed by atoms with Crippen molar-refractivity contribution < 1.29 is 24.1 Å². The fourth-order valence-corrected chi connectivity index (χ4v) is 3.28. The molecular weight excluding hydrogens is 362 g/mol. The number of pyridine rings is 1. The number of ether oxygens (including phenoxy) is 3. The van der Waals surface area contributed by atoms with Crippen molar-refractivity contribution in [2.75, 3.05) is 51.5 Å². The van der Waals surface area contributed by atoms with E-state index in [1.165, 1.54) is 0 Å². The summed E-state index contributed by atoms with van der Waals surface area (Å²) in [5.41, 5.74) is 1.15. The third kappa shape index (κ3) is 5.12. The van der Waals surface area contributed by atoms with Crippen LogP contribution in [0.4, 0.5) is 5.69 Å². The predicted octanol–water partition coefficient (Wildman–Crippen LogP) is 1.08. The molecule has 0 spiro atoms. The Balaban J connectivity index is 1.71. The topological polar surface area (TPSA) is 93.2 Å². The number of aliphatic hydroxyl groups excluding tert-OH is 1. The van der Waals surface area contributed by atoms with Crippen molar-refractivity contribution in [1.29, 1.82) is 0 Å². The molecule has 0 aromatic carbocycles. The number of nitrogens with zero attached hydrogens (tertiary/aromatic N) is 2. The van der Waals surface area contributed by atoms with E-state index in [1.54, 1.807) is 13.2 Å². The van der Waals surface area contributed by atoms with Gasteiger partial charge in [-0.1, -0.05) is 13.8 Å². The zero-order valence-electron chi connectivity index (χ0n) is 16.9. The van der Waals surface area contributed by atoms with Gasteiger partial charge in [0.25, 0.3) is 5.91 Å². The molecule has 0 unspecified atom stereocenters. The van der Waals surface area contributed by atoms with Gasteiger partial charge in [-0.05, 0) is 24.5 Å². The van der Waals surface area contributed by atoms with Crippen LogP contribution in [0.15, 0.2) is 12.1 Å². The molecule has 8 nitrogen and oxygen atoms in total. The summed E-state index contributed by atoms with van der Waals surface area (Å²) in [6.07, 6.45) is 0.912. The minimum absolute atomic E-state index is 0.0980. The molecule has 2 fully saturated rings. The molecule has 0 saturated carbocycles. The zero-order chi connectivity index (χ0) is 20.1. The molecule has 2 aliphatic rings. The van der Waals surface area contributed by atoms with Crippen LogP contribution in [0.3, 0.4) is 0 Å². The predicted molar refractivity (Wildman–Crippen MR) is 105 cm³/mol. The second-order valence-corrected chi connectivity index (χ2v) is 7.98. The first-order chi connectivity index (χ1) is 13.5. The van der Waals surface area contributed by atoms with Gasteiger partial charge < -0.3 is 29.5 Å². The number of nitrogens with one attached hydrogen (secondary N) is 1. The molecule has 2 aliphatic heterocycles. The van der Waals surface area contributed by atoms with E-state index in [4.69, 9.17) is 14.2 Å². The molecule has 156 valence electrons. The number of hydrogen-bond donors (Lipinski definition) is 2. The molecule has 3 heterocycles. The van der Waals surface area contributed by atoms with Gasteiger partial charge >= 0.3 is 0 Å². The van der Waals surface area contributed by atoms with Crippen molar-refractivity contribution in [3.05, 3.63) is 17.8 Å². The van der Waals surface area contributed by atoms with Crippen LogP contribution in [-0.2, 0) is 9.47 Å². The van der Waals surface area contributed by atoms with Crippen molar-refractivity contribution in [1.82, 2.24) is 10.3 Å². The summed E-state index contributed by atoms with van der Waals surface area (Å²) in [4.78, 5) is 19.2. The van der Waals surface area contributed by atoms with Crippen molar-refractivity contribution in [2.45, 2.75) is 32.4 Å².